The first-order valence-corrected chi connectivity index (χ1v) is 9.21. The van der Waals surface area contributed by atoms with Crippen LogP contribution >= 0.6 is 31.9 Å². The molecule has 0 aliphatic heterocycles. The summed E-state index contributed by atoms with van der Waals surface area (Å²) in [5, 5.41) is 19.0. The number of methoxy groups -OCH3 is 1. The molecule has 0 aromatic heterocycles. The van der Waals surface area contributed by atoms with Crippen molar-refractivity contribution in [1.82, 2.24) is 0 Å². The molecular weight excluding hydrogens is 466 g/mol. The van der Waals surface area contributed by atoms with Crippen molar-refractivity contribution in [3.8, 4) is 0 Å². The largest absolute Gasteiger partial charge is 0.467 e. The van der Waals surface area contributed by atoms with Gasteiger partial charge in [-0.05, 0) is 61.5 Å². The number of rotatable bonds is 4. The number of hydrogen-bond acceptors (Lipinski definition) is 5. The first-order chi connectivity index (χ1) is 12.2. The molecular formula is C19H21Br2NO4. The average Bonchev–Trinajstić information content (AvgIpc) is 2.64. The first-order valence-electron chi connectivity index (χ1n) is 7.63. The Kier molecular flexibility index (Phi) is 9.15. The first kappa shape index (κ1) is 22.5. The van der Waals surface area contributed by atoms with Crippen molar-refractivity contribution >= 4 is 44.5 Å². The topological polar surface area (TPSA) is 79.1 Å². The lowest BCUT2D eigenvalue weighted by molar-refractivity contribution is -0.150. The molecule has 2 atom stereocenters. The molecule has 0 aliphatic rings. The van der Waals surface area contributed by atoms with Gasteiger partial charge < -0.3 is 14.9 Å². The Morgan fingerprint density at radius 1 is 1.04 bits per heavy atom. The Bertz CT molecular complexity index is 780. The second-order valence-corrected chi connectivity index (χ2v) is 7.32. The molecule has 2 aromatic rings. The van der Waals surface area contributed by atoms with Gasteiger partial charge in [-0.25, -0.2) is 4.79 Å². The summed E-state index contributed by atoms with van der Waals surface area (Å²) in [6.07, 6.45) is -2.03. The predicted octanol–water partition coefficient (Wildman–Crippen LogP) is 4.41. The van der Waals surface area contributed by atoms with E-state index in [1.54, 1.807) is 6.07 Å². The maximum absolute atomic E-state index is 11.1. The van der Waals surface area contributed by atoms with Gasteiger partial charge in [0.05, 0.1) is 7.11 Å². The number of carbonyl (C=O) groups is 1. The highest BCUT2D eigenvalue weighted by Crippen LogP contribution is 2.23. The van der Waals surface area contributed by atoms with Gasteiger partial charge in [0.25, 0.3) is 0 Å². The van der Waals surface area contributed by atoms with Gasteiger partial charge in [0, 0.05) is 14.5 Å². The van der Waals surface area contributed by atoms with Crippen LogP contribution in [0.15, 0.2) is 50.3 Å². The summed E-state index contributed by atoms with van der Waals surface area (Å²) in [5.74, 6) is -0.647. The fourth-order valence-electron chi connectivity index (χ4n) is 2.13. The molecule has 0 spiro atoms. The molecule has 0 aliphatic carbocycles. The fourth-order valence-corrected chi connectivity index (χ4v) is 2.89. The summed E-state index contributed by atoms with van der Waals surface area (Å²) < 4.78 is 6.21. The minimum Gasteiger partial charge on any atom is -0.467 e. The Hall–Kier alpha value is -1.54. The van der Waals surface area contributed by atoms with Gasteiger partial charge in [-0.2, -0.15) is 0 Å². The second kappa shape index (κ2) is 10.6. The molecule has 5 nitrogen and oxygen atoms in total. The standard InChI is InChI=1S/C10H11BrO3.C9H10BrNO/c1-6-3-4-7(11)5-8(6)9(12)10(13)14-2;1-6-3-4-7(10)5-8(6)9(12)11-2/h3-5,9,12H,1-2H3;3-5,9,12H,2H2,1H3. The Labute approximate surface area is 170 Å². The van der Waals surface area contributed by atoms with Crippen molar-refractivity contribution in [2.24, 2.45) is 4.99 Å². The Morgan fingerprint density at radius 3 is 1.96 bits per heavy atom. The van der Waals surface area contributed by atoms with Crippen LogP contribution in [0.25, 0.3) is 0 Å². The number of benzene rings is 2. The van der Waals surface area contributed by atoms with Crippen LogP contribution in [0.3, 0.4) is 0 Å². The molecule has 2 N–H and O–H groups in total. The summed E-state index contributed by atoms with van der Waals surface area (Å²) >= 11 is 6.59. The van der Waals surface area contributed by atoms with Crippen molar-refractivity contribution in [3.05, 3.63) is 67.6 Å². The maximum Gasteiger partial charge on any atom is 0.339 e. The molecule has 0 radical (unpaired) electrons. The number of nitrogens with zero attached hydrogens (tertiary/aromatic N) is 1. The lowest BCUT2D eigenvalue weighted by atomic mass is 10.0. The SMILES string of the molecule is C=NC(O)c1cc(Br)ccc1C.COC(=O)C(O)c1cc(Br)ccc1C. The minimum atomic E-state index is -1.21. The molecule has 0 amide bonds. The monoisotopic (exact) mass is 485 g/mol. The van der Waals surface area contributed by atoms with E-state index in [0.29, 0.717) is 5.56 Å². The van der Waals surface area contributed by atoms with E-state index >= 15 is 0 Å². The zero-order chi connectivity index (χ0) is 19.9. The average molecular weight is 487 g/mol. The van der Waals surface area contributed by atoms with Crippen molar-refractivity contribution in [2.75, 3.05) is 7.11 Å². The van der Waals surface area contributed by atoms with Gasteiger partial charge in [-0.15, -0.1) is 0 Å². The molecule has 2 unspecified atom stereocenters. The number of aliphatic hydroxyl groups is 2. The third-order valence-electron chi connectivity index (χ3n) is 3.65. The highest BCUT2D eigenvalue weighted by Gasteiger charge is 2.19. The molecule has 2 rings (SSSR count). The van der Waals surface area contributed by atoms with Gasteiger partial charge >= 0.3 is 5.97 Å². The third-order valence-corrected chi connectivity index (χ3v) is 4.64. The van der Waals surface area contributed by atoms with Crippen molar-refractivity contribution < 1.29 is 19.7 Å². The number of halogens is 2. The second-order valence-electron chi connectivity index (χ2n) is 5.48. The number of carbonyl (C=O) groups excluding carboxylic acids is 1. The molecule has 26 heavy (non-hydrogen) atoms. The van der Waals surface area contributed by atoms with Crippen LogP contribution in [-0.4, -0.2) is 30.0 Å². The van der Waals surface area contributed by atoms with E-state index in [9.17, 15) is 15.0 Å². The van der Waals surface area contributed by atoms with Crippen LogP contribution in [0.1, 0.15) is 34.6 Å². The lowest BCUT2D eigenvalue weighted by Gasteiger charge is -2.11. The van der Waals surface area contributed by atoms with Gasteiger partial charge in [-0.3, -0.25) is 4.99 Å². The summed E-state index contributed by atoms with van der Waals surface area (Å²) in [5.41, 5.74) is 3.22. The predicted molar refractivity (Wildman–Crippen MR) is 109 cm³/mol. The normalized spacial score (nSPS) is 12.4. The molecule has 0 fully saturated rings. The van der Waals surface area contributed by atoms with Crippen molar-refractivity contribution in [2.45, 2.75) is 26.2 Å². The molecule has 0 saturated heterocycles. The van der Waals surface area contributed by atoms with E-state index < -0.39 is 18.3 Å². The highest BCUT2D eigenvalue weighted by atomic mass is 79.9. The van der Waals surface area contributed by atoms with Crippen LogP contribution in [0.4, 0.5) is 0 Å². The van der Waals surface area contributed by atoms with Gasteiger partial charge in [0.1, 0.15) is 0 Å². The van der Waals surface area contributed by atoms with E-state index in [0.717, 1.165) is 25.6 Å². The number of aliphatic imine (C=N–C) groups is 1. The Morgan fingerprint density at radius 2 is 1.50 bits per heavy atom. The fraction of sp³-hybridized carbons (Fsp3) is 0.263. The quantitative estimate of drug-likeness (QED) is 0.495. The minimum absolute atomic E-state index is 0.561. The highest BCUT2D eigenvalue weighted by molar-refractivity contribution is 9.10. The lowest BCUT2D eigenvalue weighted by Crippen LogP contribution is -2.14. The van der Waals surface area contributed by atoms with Gasteiger partial charge in [0.2, 0.25) is 0 Å². The van der Waals surface area contributed by atoms with Crippen molar-refractivity contribution in [1.29, 1.82) is 0 Å². The zero-order valence-corrected chi connectivity index (χ0v) is 17.9. The smallest absolute Gasteiger partial charge is 0.339 e. The number of aliphatic hydroxyl groups excluding tert-OH is 2. The maximum atomic E-state index is 11.1. The van der Waals surface area contributed by atoms with Crippen LogP contribution in [0.2, 0.25) is 0 Å². The van der Waals surface area contributed by atoms with Crippen LogP contribution in [-0.2, 0) is 9.53 Å². The van der Waals surface area contributed by atoms with Crippen LogP contribution < -0.4 is 0 Å². The third kappa shape index (κ3) is 6.32. The van der Waals surface area contributed by atoms with Crippen LogP contribution in [0.5, 0.6) is 0 Å². The molecule has 7 heteroatoms. The number of esters is 1. The van der Waals surface area contributed by atoms with E-state index in [1.165, 1.54) is 7.11 Å². The zero-order valence-electron chi connectivity index (χ0n) is 14.7. The summed E-state index contributed by atoms with van der Waals surface area (Å²) in [7, 11) is 1.25. The number of ether oxygens (including phenoxy) is 1. The Balaban J connectivity index is 0.000000263. The van der Waals surface area contributed by atoms with Gasteiger partial charge in [-0.1, -0.05) is 44.0 Å². The van der Waals surface area contributed by atoms with Gasteiger partial charge in [0.15, 0.2) is 12.3 Å². The van der Waals surface area contributed by atoms with E-state index in [4.69, 9.17) is 0 Å². The summed E-state index contributed by atoms with van der Waals surface area (Å²) in [6, 6.07) is 11.1. The molecule has 0 heterocycles. The summed E-state index contributed by atoms with van der Waals surface area (Å²) in [4.78, 5) is 14.6. The molecule has 140 valence electrons. The van der Waals surface area contributed by atoms with E-state index in [-0.39, 0.29) is 0 Å². The molecule has 0 saturated carbocycles. The summed E-state index contributed by atoms with van der Waals surface area (Å²) in [6.45, 7) is 7.05. The molecule has 0 bridgehead atoms. The molecule has 2 aromatic carbocycles. The number of hydrogen-bond donors (Lipinski definition) is 2. The van der Waals surface area contributed by atoms with Crippen LogP contribution in [0, 0.1) is 13.8 Å². The van der Waals surface area contributed by atoms with Crippen molar-refractivity contribution in [3.63, 3.8) is 0 Å². The van der Waals surface area contributed by atoms with E-state index in [2.05, 4.69) is 48.3 Å². The van der Waals surface area contributed by atoms with E-state index in [1.807, 2.05) is 44.2 Å². The number of aryl methyl sites for hydroxylation is 2.